The Morgan fingerprint density at radius 2 is 2.23 bits per heavy atom. The smallest absolute Gasteiger partial charge is 0.245 e. The number of likely N-dealkylation sites (N-methyl/N-ethyl adjacent to an activating group) is 1. The summed E-state index contributed by atoms with van der Waals surface area (Å²) in [5.41, 5.74) is 2.57. The predicted octanol–water partition coefficient (Wildman–Crippen LogP) is 1.68. The van der Waals surface area contributed by atoms with Crippen molar-refractivity contribution in [2.75, 3.05) is 47.4 Å². The number of aromatic nitrogens is 1. The Balaban J connectivity index is 1.62. The van der Waals surface area contributed by atoms with Crippen LogP contribution in [0.5, 0.6) is 0 Å². The van der Waals surface area contributed by atoms with E-state index in [0.29, 0.717) is 18.5 Å². The highest BCUT2D eigenvalue weighted by molar-refractivity contribution is 5.82. The van der Waals surface area contributed by atoms with Gasteiger partial charge in [-0.1, -0.05) is 12.1 Å². The third kappa shape index (κ3) is 4.44. The van der Waals surface area contributed by atoms with Gasteiger partial charge in [-0.05, 0) is 50.7 Å². The zero-order valence-electron chi connectivity index (χ0n) is 16.0. The lowest BCUT2D eigenvalue weighted by Crippen LogP contribution is -2.53. The molecule has 2 atom stereocenters. The maximum atomic E-state index is 11.7. The highest BCUT2D eigenvalue weighted by atomic mass is 16.5. The summed E-state index contributed by atoms with van der Waals surface area (Å²) in [5, 5.41) is 4.32. The number of ether oxygens (including phenoxy) is 1. The molecule has 1 amide bonds. The largest absolute Gasteiger partial charge is 0.375 e. The fourth-order valence-corrected chi connectivity index (χ4v) is 3.97. The van der Waals surface area contributed by atoms with E-state index in [-0.39, 0.29) is 12.5 Å². The number of benzene rings is 1. The molecule has 1 aliphatic heterocycles. The molecule has 26 heavy (non-hydrogen) atoms. The number of aromatic amines is 1. The standard InChI is InChI=1S/C20H30N4O2/c1-23(2)19-13-24(10-8-15(19)11-22-20(25)14-26-3)12-16-5-4-6-18-17(16)7-9-21-18/h4-7,9,15,19,21H,8,10-14H2,1-3H3,(H,22,25)/t15-,19-/m1/s1. The van der Waals surface area contributed by atoms with E-state index in [9.17, 15) is 4.79 Å². The number of hydrogen-bond acceptors (Lipinski definition) is 4. The van der Waals surface area contributed by atoms with Crippen LogP contribution in [-0.2, 0) is 16.1 Å². The van der Waals surface area contributed by atoms with E-state index in [1.807, 2.05) is 6.20 Å². The number of carbonyl (C=O) groups excluding carboxylic acids is 1. The molecule has 0 aliphatic carbocycles. The molecular weight excluding hydrogens is 328 g/mol. The van der Waals surface area contributed by atoms with Crippen LogP contribution in [0.3, 0.4) is 0 Å². The summed E-state index contributed by atoms with van der Waals surface area (Å²) < 4.78 is 4.90. The quantitative estimate of drug-likeness (QED) is 0.791. The molecule has 2 N–H and O–H groups in total. The molecule has 0 bridgehead atoms. The van der Waals surface area contributed by atoms with Crippen molar-refractivity contribution in [2.24, 2.45) is 5.92 Å². The normalized spacial score (nSPS) is 21.4. The summed E-state index contributed by atoms with van der Waals surface area (Å²) in [6.45, 7) is 3.87. The second-order valence-corrected chi connectivity index (χ2v) is 7.41. The maximum absolute atomic E-state index is 11.7. The van der Waals surface area contributed by atoms with Gasteiger partial charge in [0, 0.05) is 49.9 Å². The van der Waals surface area contributed by atoms with Crippen LogP contribution in [0.25, 0.3) is 10.9 Å². The van der Waals surface area contributed by atoms with E-state index in [1.54, 1.807) is 7.11 Å². The van der Waals surface area contributed by atoms with Crippen molar-refractivity contribution in [2.45, 2.75) is 19.0 Å². The molecule has 1 fully saturated rings. The predicted molar refractivity (Wildman–Crippen MR) is 104 cm³/mol. The lowest BCUT2D eigenvalue weighted by molar-refractivity contribution is -0.125. The van der Waals surface area contributed by atoms with Crippen molar-refractivity contribution in [3.63, 3.8) is 0 Å². The number of methoxy groups -OCH3 is 1. The molecule has 0 radical (unpaired) electrons. The number of nitrogens with one attached hydrogen (secondary N) is 2. The van der Waals surface area contributed by atoms with Gasteiger partial charge in [0.15, 0.2) is 0 Å². The lowest BCUT2D eigenvalue weighted by Gasteiger charge is -2.42. The molecular formula is C20H30N4O2. The van der Waals surface area contributed by atoms with Crippen LogP contribution in [0, 0.1) is 5.92 Å². The monoisotopic (exact) mass is 358 g/mol. The number of rotatable bonds is 7. The lowest BCUT2D eigenvalue weighted by atomic mass is 9.90. The molecule has 142 valence electrons. The molecule has 2 heterocycles. The molecule has 3 rings (SSSR count). The topological polar surface area (TPSA) is 60.6 Å². The number of likely N-dealkylation sites (tertiary alicyclic amines) is 1. The average molecular weight is 358 g/mol. The van der Waals surface area contributed by atoms with Gasteiger partial charge >= 0.3 is 0 Å². The fourth-order valence-electron chi connectivity index (χ4n) is 3.97. The van der Waals surface area contributed by atoms with Crippen LogP contribution in [0.1, 0.15) is 12.0 Å². The van der Waals surface area contributed by atoms with Gasteiger partial charge in [-0.15, -0.1) is 0 Å². The first kappa shape index (κ1) is 18.9. The summed E-state index contributed by atoms with van der Waals surface area (Å²) in [4.78, 5) is 19.8. The van der Waals surface area contributed by atoms with Crippen molar-refractivity contribution in [1.82, 2.24) is 20.1 Å². The summed E-state index contributed by atoms with van der Waals surface area (Å²) in [5.74, 6) is 0.427. The van der Waals surface area contributed by atoms with Gasteiger partial charge in [0.25, 0.3) is 0 Å². The highest BCUT2D eigenvalue weighted by Gasteiger charge is 2.31. The number of hydrogen-bond donors (Lipinski definition) is 2. The SMILES string of the molecule is COCC(=O)NC[C@H]1CCN(Cc2cccc3[nH]ccc23)C[C@H]1N(C)C. The van der Waals surface area contributed by atoms with Gasteiger partial charge in [0.2, 0.25) is 5.91 Å². The number of fused-ring (bicyclic) bond motifs is 1. The average Bonchev–Trinajstić information content (AvgIpc) is 3.10. The van der Waals surface area contributed by atoms with Crippen LogP contribution in [0.2, 0.25) is 0 Å². The number of carbonyl (C=O) groups is 1. The first-order chi connectivity index (χ1) is 12.6. The second kappa shape index (κ2) is 8.66. The molecule has 0 spiro atoms. The maximum Gasteiger partial charge on any atom is 0.245 e. The molecule has 6 nitrogen and oxygen atoms in total. The van der Waals surface area contributed by atoms with E-state index in [1.165, 1.54) is 16.5 Å². The Kier molecular flexibility index (Phi) is 6.29. The zero-order valence-corrected chi connectivity index (χ0v) is 16.0. The summed E-state index contributed by atoms with van der Waals surface area (Å²) in [7, 11) is 5.81. The fraction of sp³-hybridized carbons (Fsp3) is 0.550. The Hall–Kier alpha value is -1.89. The molecule has 1 aromatic carbocycles. The summed E-state index contributed by atoms with van der Waals surface area (Å²) in [6.07, 6.45) is 3.09. The Morgan fingerprint density at radius 3 is 3.00 bits per heavy atom. The number of amides is 1. The Bertz CT molecular complexity index is 727. The summed E-state index contributed by atoms with van der Waals surface area (Å²) in [6, 6.07) is 9.05. The molecule has 0 saturated carbocycles. The van der Waals surface area contributed by atoms with Gasteiger partial charge in [-0.2, -0.15) is 0 Å². The molecule has 0 unspecified atom stereocenters. The number of H-pyrrole nitrogens is 1. The first-order valence-electron chi connectivity index (χ1n) is 9.28. The van der Waals surface area contributed by atoms with Crippen molar-refractivity contribution < 1.29 is 9.53 Å². The second-order valence-electron chi connectivity index (χ2n) is 7.41. The minimum absolute atomic E-state index is 0.0356. The van der Waals surface area contributed by atoms with E-state index in [4.69, 9.17) is 4.74 Å². The highest BCUT2D eigenvalue weighted by Crippen LogP contribution is 2.24. The number of piperidine rings is 1. The van der Waals surface area contributed by atoms with E-state index in [0.717, 1.165) is 26.1 Å². The van der Waals surface area contributed by atoms with Crippen molar-refractivity contribution in [3.8, 4) is 0 Å². The minimum atomic E-state index is -0.0356. The van der Waals surface area contributed by atoms with E-state index in [2.05, 4.69) is 58.5 Å². The third-order valence-electron chi connectivity index (χ3n) is 5.38. The molecule has 1 aliphatic rings. The van der Waals surface area contributed by atoms with Gasteiger partial charge in [-0.25, -0.2) is 0 Å². The van der Waals surface area contributed by atoms with Crippen LogP contribution in [0.15, 0.2) is 30.5 Å². The van der Waals surface area contributed by atoms with Crippen molar-refractivity contribution >= 4 is 16.8 Å². The molecule has 1 saturated heterocycles. The van der Waals surface area contributed by atoms with E-state index >= 15 is 0 Å². The zero-order chi connectivity index (χ0) is 18.5. The summed E-state index contributed by atoms with van der Waals surface area (Å²) >= 11 is 0. The van der Waals surface area contributed by atoms with Gasteiger partial charge in [0.1, 0.15) is 6.61 Å². The number of nitrogens with zero attached hydrogens (tertiary/aromatic N) is 2. The van der Waals surface area contributed by atoms with Gasteiger partial charge in [0.05, 0.1) is 0 Å². The third-order valence-corrected chi connectivity index (χ3v) is 5.38. The first-order valence-corrected chi connectivity index (χ1v) is 9.28. The molecule has 6 heteroatoms. The van der Waals surface area contributed by atoms with E-state index < -0.39 is 0 Å². The van der Waals surface area contributed by atoms with Crippen LogP contribution >= 0.6 is 0 Å². The van der Waals surface area contributed by atoms with Crippen molar-refractivity contribution in [1.29, 1.82) is 0 Å². The van der Waals surface area contributed by atoms with Crippen molar-refractivity contribution in [3.05, 3.63) is 36.0 Å². The van der Waals surface area contributed by atoms with Crippen LogP contribution in [0.4, 0.5) is 0 Å². The minimum Gasteiger partial charge on any atom is -0.375 e. The van der Waals surface area contributed by atoms with Crippen LogP contribution < -0.4 is 5.32 Å². The van der Waals surface area contributed by atoms with Crippen LogP contribution in [-0.4, -0.2) is 74.2 Å². The van der Waals surface area contributed by atoms with Gasteiger partial charge < -0.3 is 19.9 Å². The Labute approximate surface area is 155 Å². The Morgan fingerprint density at radius 1 is 1.38 bits per heavy atom. The van der Waals surface area contributed by atoms with Gasteiger partial charge in [-0.3, -0.25) is 9.69 Å². The molecule has 2 aromatic rings. The molecule has 1 aromatic heterocycles.